The van der Waals surface area contributed by atoms with E-state index in [2.05, 4.69) is 72.4 Å². The third-order valence-electron chi connectivity index (χ3n) is 4.82. The summed E-state index contributed by atoms with van der Waals surface area (Å²) < 4.78 is 6.02. The van der Waals surface area contributed by atoms with Crippen molar-refractivity contribution in [3.63, 3.8) is 0 Å². The molecule has 0 spiro atoms. The van der Waals surface area contributed by atoms with E-state index in [1.54, 1.807) is 0 Å². The minimum atomic E-state index is 0.135. The van der Waals surface area contributed by atoms with Crippen molar-refractivity contribution in [2.45, 2.75) is 71.6 Å². The Balaban J connectivity index is 3.20. The molecule has 0 atom stereocenters. The average molecular weight is 309 g/mol. The van der Waals surface area contributed by atoms with E-state index in [9.17, 15) is 0 Å². The lowest BCUT2D eigenvalue weighted by Gasteiger charge is -2.30. The molecule has 0 N–H and O–H groups in total. The maximum Gasteiger partial charge on any atom is 0.123 e. The molecule has 0 radical (unpaired) electrons. The van der Waals surface area contributed by atoms with Gasteiger partial charge in [0.2, 0.25) is 0 Å². The summed E-state index contributed by atoms with van der Waals surface area (Å²) in [6.45, 7) is 14.5. The second-order valence-electron chi connectivity index (χ2n) is 7.11. The first kappa shape index (κ1) is 18.4. The van der Waals surface area contributed by atoms with Gasteiger partial charge in [0.05, 0.1) is 6.61 Å². The van der Waals surface area contributed by atoms with Crippen LogP contribution in [0.1, 0.15) is 71.9 Å². The SMILES string of the molecule is CCC(C)(C)c1ccc(OCCCS)c(C(C)(C)CC)c1. The Hall–Kier alpha value is -0.630. The molecule has 0 amide bonds. The molecule has 0 saturated carbocycles. The molecule has 0 heterocycles. The summed E-state index contributed by atoms with van der Waals surface area (Å²) in [5.74, 6) is 1.91. The Morgan fingerprint density at radius 3 is 2.14 bits per heavy atom. The van der Waals surface area contributed by atoms with E-state index in [0.717, 1.165) is 37.4 Å². The first-order valence-corrected chi connectivity index (χ1v) is 8.80. The van der Waals surface area contributed by atoms with Gasteiger partial charge in [0.15, 0.2) is 0 Å². The van der Waals surface area contributed by atoms with Crippen molar-refractivity contribution in [1.29, 1.82) is 0 Å². The predicted molar refractivity (Wildman–Crippen MR) is 97.0 cm³/mol. The number of rotatable bonds is 8. The maximum absolute atomic E-state index is 6.02. The highest BCUT2D eigenvalue weighted by molar-refractivity contribution is 7.80. The van der Waals surface area contributed by atoms with Crippen molar-refractivity contribution >= 4 is 12.6 Å². The average Bonchev–Trinajstić information content (AvgIpc) is 2.47. The second-order valence-corrected chi connectivity index (χ2v) is 7.56. The normalized spacial score (nSPS) is 12.5. The third-order valence-corrected chi connectivity index (χ3v) is 5.13. The molecule has 2 heteroatoms. The molecular formula is C19H32OS. The van der Waals surface area contributed by atoms with Gasteiger partial charge in [-0.2, -0.15) is 12.6 Å². The molecule has 0 unspecified atom stereocenters. The van der Waals surface area contributed by atoms with E-state index in [0.29, 0.717) is 0 Å². The zero-order chi connectivity index (χ0) is 16.1. The van der Waals surface area contributed by atoms with Gasteiger partial charge < -0.3 is 4.74 Å². The van der Waals surface area contributed by atoms with Gasteiger partial charge in [-0.15, -0.1) is 0 Å². The van der Waals surface area contributed by atoms with Crippen LogP contribution in [-0.4, -0.2) is 12.4 Å². The first-order valence-electron chi connectivity index (χ1n) is 8.17. The fourth-order valence-corrected chi connectivity index (χ4v) is 2.38. The molecule has 0 aliphatic carbocycles. The van der Waals surface area contributed by atoms with Crippen molar-refractivity contribution < 1.29 is 4.74 Å². The van der Waals surface area contributed by atoms with Crippen molar-refractivity contribution in [1.82, 2.24) is 0 Å². The lowest BCUT2D eigenvalue weighted by atomic mass is 9.76. The summed E-state index contributed by atoms with van der Waals surface area (Å²) in [7, 11) is 0. The largest absolute Gasteiger partial charge is 0.493 e. The first-order chi connectivity index (χ1) is 9.78. The van der Waals surface area contributed by atoms with Crippen LogP contribution in [0.5, 0.6) is 5.75 Å². The molecule has 1 nitrogen and oxygen atoms in total. The standard InChI is InChI=1S/C19H32OS/c1-7-18(3,4)15-10-11-17(20-12-9-13-21)16(14-15)19(5,6)8-2/h10-11,14,21H,7-9,12-13H2,1-6H3. The molecule has 0 aromatic heterocycles. The summed E-state index contributed by atoms with van der Waals surface area (Å²) >= 11 is 4.26. The minimum absolute atomic E-state index is 0.135. The van der Waals surface area contributed by atoms with Crippen LogP contribution in [0.3, 0.4) is 0 Å². The number of benzene rings is 1. The summed E-state index contributed by atoms with van der Waals surface area (Å²) in [4.78, 5) is 0. The number of ether oxygens (including phenoxy) is 1. The Labute approximate surface area is 136 Å². The minimum Gasteiger partial charge on any atom is -0.493 e. The number of hydrogen-bond acceptors (Lipinski definition) is 2. The van der Waals surface area contributed by atoms with Crippen molar-refractivity contribution in [3.05, 3.63) is 29.3 Å². The number of hydrogen-bond donors (Lipinski definition) is 1. The van der Waals surface area contributed by atoms with Gasteiger partial charge in [-0.1, -0.05) is 53.7 Å². The van der Waals surface area contributed by atoms with E-state index in [-0.39, 0.29) is 10.8 Å². The van der Waals surface area contributed by atoms with Crippen molar-refractivity contribution in [3.8, 4) is 5.75 Å². The lowest BCUT2D eigenvalue weighted by Crippen LogP contribution is -2.21. The fourth-order valence-electron chi connectivity index (χ4n) is 2.25. The van der Waals surface area contributed by atoms with Gasteiger partial charge in [-0.25, -0.2) is 0 Å². The highest BCUT2D eigenvalue weighted by Gasteiger charge is 2.26. The van der Waals surface area contributed by atoms with E-state index in [1.165, 1.54) is 11.1 Å². The van der Waals surface area contributed by atoms with E-state index in [1.807, 2.05) is 0 Å². The molecule has 21 heavy (non-hydrogen) atoms. The highest BCUT2D eigenvalue weighted by Crippen LogP contribution is 2.38. The van der Waals surface area contributed by atoms with Gasteiger partial charge in [0.25, 0.3) is 0 Å². The van der Waals surface area contributed by atoms with E-state index in [4.69, 9.17) is 4.74 Å². The van der Waals surface area contributed by atoms with E-state index >= 15 is 0 Å². The molecule has 0 saturated heterocycles. The van der Waals surface area contributed by atoms with Gasteiger partial charge in [-0.3, -0.25) is 0 Å². The molecule has 0 aliphatic rings. The Morgan fingerprint density at radius 1 is 1.00 bits per heavy atom. The maximum atomic E-state index is 6.02. The van der Waals surface area contributed by atoms with Gasteiger partial charge in [0.1, 0.15) is 5.75 Å². The zero-order valence-corrected chi connectivity index (χ0v) is 15.5. The van der Waals surface area contributed by atoms with E-state index < -0.39 is 0 Å². The van der Waals surface area contributed by atoms with Crippen molar-refractivity contribution in [2.24, 2.45) is 0 Å². The van der Waals surface area contributed by atoms with Crippen LogP contribution in [0.25, 0.3) is 0 Å². The lowest BCUT2D eigenvalue weighted by molar-refractivity contribution is 0.307. The Morgan fingerprint density at radius 2 is 1.62 bits per heavy atom. The van der Waals surface area contributed by atoms with Crippen LogP contribution in [0, 0.1) is 0 Å². The number of thiol groups is 1. The monoisotopic (exact) mass is 308 g/mol. The summed E-state index contributed by atoms with van der Waals surface area (Å²) in [5.41, 5.74) is 3.09. The molecule has 0 aliphatic heterocycles. The molecule has 1 aromatic carbocycles. The summed E-state index contributed by atoms with van der Waals surface area (Å²) in [6, 6.07) is 6.76. The Bertz CT molecular complexity index is 449. The quantitative estimate of drug-likeness (QED) is 0.474. The smallest absolute Gasteiger partial charge is 0.123 e. The Kier molecular flexibility index (Phi) is 6.65. The molecular weight excluding hydrogens is 276 g/mol. The molecule has 0 bridgehead atoms. The molecule has 0 fully saturated rings. The third kappa shape index (κ3) is 4.67. The van der Waals surface area contributed by atoms with Gasteiger partial charge in [-0.05, 0) is 47.5 Å². The summed E-state index contributed by atoms with van der Waals surface area (Å²) in [6.07, 6.45) is 3.22. The molecule has 120 valence electrons. The van der Waals surface area contributed by atoms with Crippen LogP contribution < -0.4 is 4.74 Å². The van der Waals surface area contributed by atoms with Crippen molar-refractivity contribution in [2.75, 3.05) is 12.4 Å². The zero-order valence-electron chi connectivity index (χ0n) is 14.6. The van der Waals surface area contributed by atoms with Gasteiger partial charge >= 0.3 is 0 Å². The molecule has 1 aromatic rings. The topological polar surface area (TPSA) is 9.23 Å². The molecule has 1 rings (SSSR count). The predicted octanol–water partition coefficient (Wildman–Crippen LogP) is 5.76. The van der Waals surface area contributed by atoms with Crippen LogP contribution in [0.4, 0.5) is 0 Å². The van der Waals surface area contributed by atoms with Crippen LogP contribution >= 0.6 is 12.6 Å². The van der Waals surface area contributed by atoms with Crippen LogP contribution in [0.2, 0.25) is 0 Å². The fraction of sp³-hybridized carbons (Fsp3) is 0.684. The second kappa shape index (κ2) is 7.58. The van der Waals surface area contributed by atoms with Crippen LogP contribution in [-0.2, 0) is 10.8 Å². The highest BCUT2D eigenvalue weighted by atomic mass is 32.1. The van der Waals surface area contributed by atoms with Gasteiger partial charge in [0, 0.05) is 5.56 Å². The van der Waals surface area contributed by atoms with Crippen LogP contribution in [0.15, 0.2) is 18.2 Å². The summed E-state index contributed by atoms with van der Waals surface area (Å²) in [5, 5.41) is 0.